The van der Waals surface area contributed by atoms with Crippen molar-refractivity contribution < 1.29 is 4.42 Å². The van der Waals surface area contributed by atoms with Gasteiger partial charge in [-0.1, -0.05) is 127 Å². The van der Waals surface area contributed by atoms with Crippen molar-refractivity contribution in [2.75, 3.05) is 0 Å². The molecular weight excluding hydrogens is 502 g/mol. The second-order valence-electron chi connectivity index (χ2n) is 10.7. The third-order valence-corrected chi connectivity index (χ3v) is 8.20. The fourth-order valence-corrected chi connectivity index (χ4v) is 6.18. The van der Waals surface area contributed by atoms with Crippen molar-refractivity contribution in [3.8, 4) is 11.1 Å². The zero-order valence-corrected chi connectivity index (χ0v) is 22.4. The summed E-state index contributed by atoms with van der Waals surface area (Å²) in [5.41, 5.74) is 7.60. The van der Waals surface area contributed by atoms with Gasteiger partial charge in [0.1, 0.15) is 11.2 Å². The maximum absolute atomic E-state index is 6.63. The van der Waals surface area contributed by atoms with E-state index < -0.39 is 0 Å². The molecule has 1 saturated heterocycles. The second kappa shape index (κ2) is 10.0. The van der Waals surface area contributed by atoms with Crippen LogP contribution in [0.1, 0.15) is 35.2 Å². The molecular formula is C37H29N3O. The highest BCUT2D eigenvalue weighted by molar-refractivity contribution is 6.11. The van der Waals surface area contributed by atoms with Gasteiger partial charge >= 0.3 is 0 Å². The maximum Gasteiger partial charge on any atom is 0.143 e. The van der Waals surface area contributed by atoms with Crippen LogP contribution in [0.3, 0.4) is 0 Å². The molecule has 3 N–H and O–H groups in total. The average Bonchev–Trinajstić information content (AvgIpc) is 3.44. The van der Waals surface area contributed by atoms with Gasteiger partial charge in [0.15, 0.2) is 0 Å². The Morgan fingerprint density at radius 1 is 0.488 bits per heavy atom. The summed E-state index contributed by atoms with van der Waals surface area (Å²) in [7, 11) is 0. The van der Waals surface area contributed by atoms with E-state index in [1.165, 1.54) is 21.9 Å². The predicted octanol–water partition coefficient (Wildman–Crippen LogP) is 8.58. The van der Waals surface area contributed by atoms with Gasteiger partial charge in [0.05, 0.1) is 18.5 Å². The Labute approximate surface area is 238 Å². The first-order chi connectivity index (χ1) is 20.3. The summed E-state index contributed by atoms with van der Waals surface area (Å²) in [6.07, 6.45) is -0.206. The van der Waals surface area contributed by atoms with Gasteiger partial charge in [-0.25, -0.2) is 0 Å². The van der Waals surface area contributed by atoms with E-state index in [9.17, 15) is 0 Å². The number of fused-ring (bicyclic) bond motifs is 4. The van der Waals surface area contributed by atoms with E-state index in [2.05, 4.69) is 149 Å². The number of nitrogens with one attached hydrogen (secondary N) is 3. The van der Waals surface area contributed by atoms with Crippen LogP contribution in [0.15, 0.2) is 144 Å². The Kier molecular flexibility index (Phi) is 5.89. The van der Waals surface area contributed by atoms with Crippen LogP contribution in [-0.2, 0) is 0 Å². The molecule has 7 aromatic rings. The van der Waals surface area contributed by atoms with E-state index in [0.29, 0.717) is 0 Å². The normalized spacial score (nSPS) is 19.2. The van der Waals surface area contributed by atoms with Crippen LogP contribution in [-0.4, -0.2) is 0 Å². The van der Waals surface area contributed by atoms with Crippen LogP contribution < -0.4 is 16.0 Å². The lowest BCUT2D eigenvalue weighted by molar-refractivity contribution is 0.204. The van der Waals surface area contributed by atoms with Crippen molar-refractivity contribution in [3.05, 3.63) is 156 Å². The highest BCUT2D eigenvalue weighted by Crippen LogP contribution is 2.41. The van der Waals surface area contributed by atoms with Crippen LogP contribution in [0.2, 0.25) is 0 Å². The lowest BCUT2D eigenvalue weighted by atomic mass is 9.95. The molecule has 0 saturated carbocycles. The Hall–Kier alpha value is -4.74. The highest BCUT2D eigenvalue weighted by Gasteiger charge is 2.31. The maximum atomic E-state index is 6.63. The molecule has 2 heterocycles. The van der Waals surface area contributed by atoms with E-state index in [0.717, 1.165) is 38.6 Å². The molecule has 0 amide bonds. The van der Waals surface area contributed by atoms with Crippen molar-refractivity contribution in [2.24, 2.45) is 0 Å². The molecule has 4 nitrogen and oxygen atoms in total. The van der Waals surface area contributed by atoms with E-state index >= 15 is 0 Å². The molecule has 198 valence electrons. The molecule has 4 heteroatoms. The number of hydrogen-bond acceptors (Lipinski definition) is 4. The number of furan rings is 1. The monoisotopic (exact) mass is 531 g/mol. The van der Waals surface area contributed by atoms with E-state index in [1.54, 1.807) is 0 Å². The van der Waals surface area contributed by atoms with Gasteiger partial charge < -0.3 is 4.42 Å². The molecule has 8 rings (SSSR count). The number of benzene rings is 6. The van der Waals surface area contributed by atoms with Crippen LogP contribution in [0.5, 0.6) is 0 Å². The van der Waals surface area contributed by atoms with Crippen LogP contribution >= 0.6 is 0 Å². The quantitative estimate of drug-likeness (QED) is 0.213. The lowest BCUT2D eigenvalue weighted by Crippen LogP contribution is -2.54. The second-order valence-corrected chi connectivity index (χ2v) is 10.7. The summed E-state index contributed by atoms with van der Waals surface area (Å²) < 4.78 is 6.63. The standard InChI is InChI=1S/C37H29N3O/c1-3-12-25(13-4-1)35-38-36(26-14-5-2-6-15-26)40-37(39-35)31-22-21-29(28-20-19-24-11-7-8-16-27(24)23-28)34-33(31)30-17-9-10-18-32(30)41-34/h1-23,35-40H. The van der Waals surface area contributed by atoms with Gasteiger partial charge in [0.2, 0.25) is 0 Å². The predicted molar refractivity (Wildman–Crippen MR) is 167 cm³/mol. The lowest BCUT2D eigenvalue weighted by Gasteiger charge is -2.40. The fraction of sp³-hybridized carbons (Fsp3) is 0.0811. The van der Waals surface area contributed by atoms with Crippen LogP contribution in [0.4, 0.5) is 0 Å². The number of hydrogen-bond donors (Lipinski definition) is 3. The molecule has 0 spiro atoms. The average molecular weight is 532 g/mol. The molecule has 2 atom stereocenters. The summed E-state index contributed by atoms with van der Waals surface area (Å²) in [5, 5.41) is 16.2. The topological polar surface area (TPSA) is 49.2 Å². The minimum absolute atomic E-state index is 0.0407. The summed E-state index contributed by atoms with van der Waals surface area (Å²) in [6, 6.07) is 49.1. The Bertz CT molecular complexity index is 1950. The van der Waals surface area contributed by atoms with Crippen molar-refractivity contribution in [3.63, 3.8) is 0 Å². The third-order valence-electron chi connectivity index (χ3n) is 8.20. The first kappa shape index (κ1) is 24.1. The molecule has 1 aromatic heterocycles. The minimum atomic E-state index is -0.124. The summed E-state index contributed by atoms with van der Waals surface area (Å²) >= 11 is 0. The Morgan fingerprint density at radius 3 is 1.83 bits per heavy atom. The smallest absolute Gasteiger partial charge is 0.143 e. The summed E-state index contributed by atoms with van der Waals surface area (Å²) in [6.45, 7) is 0. The molecule has 0 aliphatic carbocycles. The number of para-hydroxylation sites is 1. The van der Waals surface area contributed by atoms with E-state index in [-0.39, 0.29) is 18.5 Å². The van der Waals surface area contributed by atoms with Crippen molar-refractivity contribution >= 4 is 32.7 Å². The van der Waals surface area contributed by atoms with Gasteiger partial charge in [0.25, 0.3) is 0 Å². The van der Waals surface area contributed by atoms with Crippen LogP contribution in [0.25, 0.3) is 43.8 Å². The molecule has 0 bridgehead atoms. The number of rotatable bonds is 4. The van der Waals surface area contributed by atoms with E-state index in [4.69, 9.17) is 4.42 Å². The largest absolute Gasteiger partial charge is 0.455 e. The Balaban J connectivity index is 1.30. The summed E-state index contributed by atoms with van der Waals surface area (Å²) in [4.78, 5) is 0. The molecule has 41 heavy (non-hydrogen) atoms. The van der Waals surface area contributed by atoms with Gasteiger partial charge in [-0.2, -0.15) is 0 Å². The van der Waals surface area contributed by atoms with Crippen LogP contribution in [0, 0.1) is 0 Å². The van der Waals surface area contributed by atoms with Crippen molar-refractivity contribution in [1.29, 1.82) is 0 Å². The summed E-state index contributed by atoms with van der Waals surface area (Å²) in [5.74, 6) is 0. The van der Waals surface area contributed by atoms with Gasteiger partial charge in [-0.05, 0) is 45.2 Å². The molecule has 0 radical (unpaired) electrons. The molecule has 1 fully saturated rings. The third kappa shape index (κ3) is 4.30. The fourth-order valence-electron chi connectivity index (χ4n) is 6.18. The molecule has 2 unspecified atom stereocenters. The minimum Gasteiger partial charge on any atom is -0.455 e. The first-order valence-electron chi connectivity index (χ1n) is 14.1. The van der Waals surface area contributed by atoms with Gasteiger partial charge in [0, 0.05) is 16.3 Å². The molecule has 6 aromatic carbocycles. The van der Waals surface area contributed by atoms with Gasteiger partial charge in [-0.3, -0.25) is 16.0 Å². The van der Waals surface area contributed by atoms with E-state index in [1.807, 2.05) is 6.07 Å². The zero-order valence-electron chi connectivity index (χ0n) is 22.4. The first-order valence-corrected chi connectivity index (χ1v) is 14.1. The SMILES string of the molecule is c1ccc(C2NC(c3ccccc3)NC(c3ccc(-c4ccc5ccccc5c4)c4oc5ccccc5c34)N2)cc1. The van der Waals surface area contributed by atoms with Gasteiger partial charge in [-0.15, -0.1) is 0 Å². The van der Waals surface area contributed by atoms with Crippen molar-refractivity contribution in [2.45, 2.75) is 18.5 Å². The zero-order chi connectivity index (χ0) is 27.2. The van der Waals surface area contributed by atoms with Crippen molar-refractivity contribution in [1.82, 2.24) is 16.0 Å². The molecule has 1 aliphatic heterocycles. The molecule has 1 aliphatic rings. The Morgan fingerprint density at radius 2 is 1.10 bits per heavy atom. The highest BCUT2D eigenvalue weighted by atomic mass is 16.3.